The molecule has 0 aliphatic heterocycles. The second-order valence-electron chi connectivity index (χ2n) is 7.69. The average molecular weight is 376 g/mol. The van der Waals surface area contributed by atoms with Gasteiger partial charge in [-0.2, -0.15) is 0 Å². The summed E-state index contributed by atoms with van der Waals surface area (Å²) < 4.78 is 4.47. The van der Waals surface area contributed by atoms with Crippen LogP contribution in [0.4, 0.5) is 0 Å². The molecule has 0 aliphatic rings. The van der Waals surface area contributed by atoms with E-state index in [4.69, 9.17) is 0 Å². The first-order valence-electron chi connectivity index (χ1n) is 9.83. The molecule has 3 nitrogen and oxygen atoms in total. The summed E-state index contributed by atoms with van der Waals surface area (Å²) in [5, 5.41) is 15.9. The predicted molar refractivity (Wildman–Crippen MR) is 122 cm³/mol. The van der Waals surface area contributed by atoms with E-state index in [2.05, 4.69) is 77.8 Å². The number of aryl methyl sites for hydroxylation is 2. The van der Waals surface area contributed by atoms with Gasteiger partial charge in [-0.15, -0.1) is 0 Å². The fraction of sp³-hybridized carbons (Fsp3) is 0.0769. The average Bonchev–Trinajstić information content (AvgIpc) is 3.22. The second-order valence-corrected chi connectivity index (χ2v) is 7.69. The van der Waals surface area contributed by atoms with Gasteiger partial charge in [-0.05, 0) is 17.7 Å². The molecule has 3 heteroatoms. The Morgan fingerprint density at radius 2 is 1.07 bits per heavy atom. The summed E-state index contributed by atoms with van der Waals surface area (Å²) in [7, 11) is 4.21. The number of hydrogen-bond donors (Lipinski definition) is 1. The van der Waals surface area contributed by atoms with Crippen LogP contribution in [0.15, 0.2) is 78.9 Å². The van der Waals surface area contributed by atoms with Gasteiger partial charge in [0, 0.05) is 46.9 Å². The normalized spacial score (nSPS) is 11.9. The van der Waals surface area contributed by atoms with Crippen molar-refractivity contribution < 1.29 is 5.11 Å². The molecule has 0 radical (unpaired) electrons. The van der Waals surface area contributed by atoms with Crippen molar-refractivity contribution in [3.63, 3.8) is 0 Å². The molecule has 0 bridgehead atoms. The van der Waals surface area contributed by atoms with Crippen molar-refractivity contribution in [2.45, 2.75) is 0 Å². The number of aromatic hydroxyl groups is 1. The molecule has 0 fully saturated rings. The summed E-state index contributed by atoms with van der Waals surface area (Å²) in [5.74, 6) is 0.354. The Kier molecular flexibility index (Phi) is 3.16. The number of hydrogen-bond acceptors (Lipinski definition) is 1. The van der Waals surface area contributed by atoms with E-state index in [1.54, 1.807) is 0 Å². The minimum atomic E-state index is 0.354. The third-order valence-corrected chi connectivity index (χ3v) is 6.22. The van der Waals surface area contributed by atoms with Crippen LogP contribution in [0.25, 0.3) is 54.7 Å². The number of phenolic OH excluding ortho intramolecular Hbond substituents is 1. The number of phenols is 1. The van der Waals surface area contributed by atoms with Crippen LogP contribution in [-0.4, -0.2) is 14.2 Å². The second kappa shape index (κ2) is 5.65. The minimum Gasteiger partial charge on any atom is -0.507 e. The first-order chi connectivity index (χ1) is 14.2. The van der Waals surface area contributed by atoms with Gasteiger partial charge >= 0.3 is 0 Å². The number of nitrogens with zero attached hydrogens (tertiary/aromatic N) is 2. The van der Waals surface area contributed by atoms with Gasteiger partial charge in [0.2, 0.25) is 0 Å². The molecule has 140 valence electrons. The molecule has 0 unspecified atom stereocenters. The molecule has 0 amide bonds. The van der Waals surface area contributed by atoms with E-state index in [1.165, 1.54) is 0 Å². The first kappa shape index (κ1) is 16.3. The van der Waals surface area contributed by atoms with Crippen molar-refractivity contribution in [3.05, 3.63) is 78.9 Å². The topological polar surface area (TPSA) is 30.1 Å². The van der Waals surface area contributed by atoms with Gasteiger partial charge in [-0.1, -0.05) is 66.7 Å². The van der Waals surface area contributed by atoms with E-state index in [0.717, 1.165) is 54.7 Å². The van der Waals surface area contributed by atoms with Gasteiger partial charge in [0.15, 0.2) is 0 Å². The maximum Gasteiger partial charge on any atom is 0.134 e. The number of rotatable bonds is 1. The third kappa shape index (κ3) is 1.97. The number of benzene rings is 4. The molecule has 4 aromatic carbocycles. The molecule has 0 spiro atoms. The highest BCUT2D eigenvalue weighted by atomic mass is 16.3. The molecule has 0 aliphatic carbocycles. The minimum absolute atomic E-state index is 0.354. The Balaban J connectivity index is 2.02. The summed E-state index contributed by atoms with van der Waals surface area (Å²) >= 11 is 0. The van der Waals surface area contributed by atoms with Gasteiger partial charge in [0.05, 0.1) is 16.4 Å². The van der Waals surface area contributed by atoms with Crippen LogP contribution in [0.3, 0.4) is 0 Å². The van der Waals surface area contributed by atoms with Gasteiger partial charge in [-0.25, -0.2) is 0 Å². The standard InChI is InChI=1S/C26H20N2O/c1-27-19-14-8-6-12-17(19)22-21(16-10-4-3-5-11-16)26(29)23-18-13-7-9-15-20(18)28(2)25(23)24(22)27/h3-15,29H,1-2H3. The molecular weight excluding hydrogens is 356 g/mol. The van der Waals surface area contributed by atoms with E-state index in [-0.39, 0.29) is 0 Å². The number of aromatic nitrogens is 2. The molecule has 2 aromatic heterocycles. The lowest BCUT2D eigenvalue weighted by Gasteiger charge is -2.12. The van der Waals surface area contributed by atoms with Crippen molar-refractivity contribution in [3.8, 4) is 16.9 Å². The van der Waals surface area contributed by atoms with Gasteiger partial charge in [0.1, 0.15) is 5.75 Å². The Morgan fingerprint density at radius 3 is 1.69 bits per heavy atom. The van der Waals surface area contributed by atoms with Crippen molar-refractivity contribution in [1.29, 1.82) is 0 Å². The fourth-order valence-corrected chi connectivity index (χ4v) is 4.96. The van der Waals surface area contributed by atoms with Crippen LogP contribution >= 0.6 is 0 Å². The summed E-state index contributed by atoms with van der Waals surface area (Å²) in [6.07, 6.45) is 0. The van der Waals surface area contributed by atoms with E-state index < -0.39 is 0 Å². The highest BCUT2D eigenvalue weighted by Gasteiger charge is 2.24. The molecule has 6 rings (SSSR count). The van der Waals surface area contributed by atoms with Crippen molar-refractivity contribution >= 4 is 43.6 Å². The maximum atomic E-state index is 11.7. The van der Waals surface area contributed by atoms with E-state index in [0.29, 0.717) is 5.75 Å². The highest BCUT2D eigenvalue weighted by molar-refractivity contribution is 6.29. The fourth-order valence-electron chi connectivity index (χ4n) is 4.96. The highest BCUT2D eigenvalue weighted by Crippen LogP contribution is 2.49. The first-order valence-corrected chi connectivity index (χ1v) is 9.83. The monoisotopic (exact) mass is 376 g/mol. The third-order valence-electron chi connectivity index (χ3n) is 6.22. The van der Waals surface area contributed by atoms with Gasteiger partial charge < -0.3 is 14.2 Å². The zero-order valence-corrected chi connectivity index (χ0v) is 16.3. The molecule has 6 aromatic rings. The molecular formula is C26H20N2O. The Labute approximate surface area is 168 Å². The van der Waals surface area contributed by atoms with Crippen molar-refractivity contribution in [2.75, 3.05) is 0 Å². The maximum absolute atomic E-state index is 11.7. The van der Waals surface area contributed by atoms with E-state index in [9.17, 15) is 5.11 Å². The summed E-state index contributed by atoms with van der Waals surface area (Å²) in [4.78, 5) is 0. The Hall–Kier alpha value is -3.72. The lowest BCUT2D eigenvalue weighted by atomic mass is 9.95. The molecule has 0 saturated heterocycles. The zero-order valence-electron chi connectivity index (χ0n) is 16.3. The Morgan fingerprint density at radius 1 is 0.586 bits per heavy atom. The number of para-hydroxylation sites is 2. The molecule has 0 saturated carbocycles. The van der Waals surface area contributed by atoms with Crippen LogP contribution in [0.2, 0.25) is 0 Å². The van der Waals surface area contributed by atoms with Crippen LogP contribution < -0.4 is 0 Å². The van der Waals surface area contributed by atoms with Crippen LogP contribution in [0.1, 0.15) is 0 Å². The Bertz CT molecular complexity index is 1570. The number of fused-ring (bicyclic) bond motifs is 7. The summed E-state index contributed by atoms with van der Waals surface area (Å²) in [6, 6.07) is 27.0. The predicted octanol–water partition coefficient (Wildman–Crippen LogP) is 6.35. The largest absolute Gasteiger partial charge is 0.507 e. The van der Waals surface area contributed by atoms with Gasteiger partial charge in [0.25, 0.3) is 0 Å². The quantitative estimate of drug-likeness (QED) is 0.356. The lowest BCUT2D eigenvalue weighted by molar-refractivity contribution is 0.484. The molecule has 29 heavy (non-hydrogen) atoms. The van der Waals surface area contributed by atoms with Crippen LogP contribution in [-0.2, 0) is 14.1 Å². The lowest BCUT2D eigenvalue weighted by Crippen LogP contribution is -1.94. The summed E-state index contributed by atoms with van der Waals surface area (Å²) in [5.41, 5.74) is 6.43. The smallest absolute Gasteiger partial charge is 0.134 e. The van der Waals surface area contributed by atoms with Crippen LogP contribution in [0.5, 0.6) is 5.75 Å². The molecule has 2 heterocycles. The molecule has 0 atom stereocenters. The van der Waals surface area contributed by atoms with Gasteiger partial charge in [-0.3, -0.25) is 0 Å². The van der Waals surface area contributed by atoms with Crippen molar-refractivity contribution in [2.24, 2.45) is 14.1 Å². The summed E-state index contributed by atoms with van der Waals surface area (Å²) in [6.45, 7) is 0. The molecule has 1 N–H and O–H groups in total. The zero-order chi connectivity index (χ0) is 19.7. The van der Waals surface area contributed by atoms with E-state index >= 15 is 0 Å². The van der Waals surface area contributed by atoms with Crippen LogP contribution in [0, 0.1) is 0 Å². The van der Waals surface area contributed by atoms with Crippen molar-refractivity contribution in [1.82, 2.24) is 9.13 Å². The van der Waals surface area contributed by atoms with E-state index in [1.807, 2.05) is 24.3 Å². The SMILES string of the molecule is Cn1c2ccccc2c2c(O)c(-c3ccccc3)c3c4ccccc4n(C)c3c21.